The molecule has 2 aromatic rings. The highest BCUT2D eigenvalue weighted by Crippen LogP contribution is 2.43. The van der Waals surface area contributed by atoms with E-state index in [2.05, 4.69) is 37.1 Å². The van der Waals surface area contributed by atoms with Crippen molar-refractivity contribution in [3.05, 3.63) is 53.3 Å². The lowest BCUT2D eigenvalue weighted by molar-refractivity contribution is 0.175. The van der Waals surface area contributed by atoms with Gasteiger partial charge < -0.3 is 5.11 Å². The Hall–Kier alpha value is -1.61. The van der Waals surface area contributed by atoms with Crippen LogP contribution in [-0.2, 0) is 6.42 Å². The fourth-order valence-electron chi connectivity index (χ4n) is 2.81. The van der Waals surface area contributed by atoms with Crippen LogP contribution in [-0.4, -0.2) is 14.9 Å². The van der Waals surface area contributed by atoms with Crippen LogP contribution in [0.5, 0.6) is 0 Å². The quantitative estimate of drug-likeness (QED) is 0.870. The molecule has 1 aliphatic rings. The highest BCUT2D eigenvalue weighted by atomic mass is 16.3. The van der Waals surface area contributed by atoms with Crippen molar-refractivity contribution in [1.29, 1.82) is 0 Å². The number of aliphatic hydroxyl groups excluding tert-OH is 1. The Morgan fingerprint density at radius 2 is 2.05 bits per heavy atom. The molecule has 1 aliphatic carbocycles. The lowest BCUT2D eigenvalue weighted by Crippen LogP contribution is -2.08. The van der Waals surface area contributed by atoms with E-state index in [0.717, 1.165) is 17.7 Å². The van der Waals surface area contributed by atoms with Crippen LogP contribution in [0, 0.1) is 0 Å². The third-order valence-corrected chi connectivity index (χ3v) is 4.48. The summed E-state index contributed by atoms with van der Waals surface area (Å²) in [5.74, 6) is 0.661. The predicted octanol–water partition coefficient (Wildman–Crippen LogP) is 4.01. The molecule has 3 nitrogen and oxygen atoms in total. The Bertz CT molecular complexity index is 601. The molecule has 1 aromatic heterocycles. The molecule has 0 spiro atoms. The summed E-state index contributed by atoms with van der Waals surface area (Å²) < 4.78 is 1.99. The molecule has 0 amide bonds. The zero-order valence-electron chi connectivity index (χ0n) is 12.9. The predicted molar refractivity (Wildman–Crippen MR) is 84.3 cm³/mol. The van der Waals surface area contributed by atoms with Crippen LogP contribution in [0.15, 0.2) is 36.5 Å². The molecule has 112 valence electrons. The molecule has 0 aliphatic heterocycles. The summed E-state index contributed by atoms with van der Waals surface area (Å²) in [7, 11) is 0. The van der Waals surface area contributed by atoms with Gasteiger partial charge in [-0.3, -0.25) is 4.68 Å². The molecule has 3 rings (SSSR count). The van der Waals surface area contributed by atoms with E-state index in [9.17, 15) is 5.11 Å². The normalized spacial score (nSPS) is 17.7. The summed E-state index contributed by atoms with van der Waals surface area (Å²) in [6.45, 7) is 4.32. The summed E-state index contributed by atoms with van der Waals surface area (Å²) in [5, 5.41) is 15.2. The highest BCUT2D eigenvalue weighted by Gasteiger charge is 2.27. The van der Waals surface area contributed by atoms with Crippen molar-refractivity contribution in [3.8, 4) is 0 Å². The molecule has 1 aromatic carbocycles. The van der Waals surface area contributed by atoms with Gasteiger partial charge in [0.15, 0.2) is 0 Å². The van der Waals surface area contributed by atoms with Crippen LogP contribution in [0.25, 0.3) is 0 Å². The zero-order chi connectivity index (χ0) is 14.8. The molecule has 1 heterocycles. The van der Waals surface area contributed by atoms with Crippen LogP contribution in [0.3, 0.4) is 0 Å². The smallest absolute Gasteiger partial charge is 0.0848 e. The lowest BCUT2D eigenvalue weighted by atomic mass is 9.96. The SMILES string of the molecule is CCC(C)n1ccc(CC(O)c2ccccc2C2CC2)n1. The third-order valence-electron chi connectivity index (χ3n) is 4.48. The second kappa shape index (κ2) is 6.02. The van der Waals surface area contributed by atoms with E-state index in [1.807, 2.05) is 23.0 Å². The minimum atomic E-state index is -0.456. The van der Waals surface area contributed by atoms with E-state index in [4.69, 9.17) is 0 Å². The van der Waals surface area contributed by atoms with Gasteiger partial charge in [-0.05, 0) is 49.3 Å². The van der Waals surface area contributed by atoms with Gasteiger partial charge in [0.1, 0.15) is 0 Å². The van der Waals surface area contributed by atoms with Crippen LogP contribution >= 0.6 is 0 Å². The number of hydrogen-bond donors (Lipinski definition) is 1. The van der Waals surface area contributed by atoms with Crippen molar-refractivity contribution in [2.24, 2.45) is 0 Å². The molecule has 2 atom stereocenters. The van der Waals surface area contributed by atoms with E-state index in [1.165, 1.54) is 18.4 Å². The van der Waals surface area contributed by atoms with Crippen molar-refractivity contribution < 1.29 is 5.11 Å². The molecule has 0 bridgehead atoms. The standard InChI is InChI=1S/C18H24N2O/c1-3-13(2)20-11-10-15(19-20)12-18(21)17-7-5-4-6-16(17)14-8-9-14/h4-7,10-11,13-14,18,21H,3,8-9,12H2,1-2H3. The highest BCUT2D eigenvalue weighted by molar-refractivity contribution is 5.35. The van der Waals surface area contributed by atoms with Gasteiger partial charge in [-0.15, -0.1) is 0 Å². The molecule has 1 fully saturated rings. The second-order valence-electron chi connectivity index (χ2n) is 6.17. The van der Waals surface area contributed by atoms with Crippen LogP contribution in [0.4, 0.5) is 0 Å². The van der Waals surface area contributed by atoms with Crippen LogP contribution in [0.1, 0.15) is 68.0 Å². The van der Waals surface area contributed by atoms with E-state index in [1.54, 1.807) is 0 Å². The average Bonchev–Trinajstić information content (AvgIpc) is 3.26. The van der Waals surface area contributed by atoms with Gasteiger partial charge in [0.05, 0.1) is 11.8 Å². The van der Waals surface area contributed by atoms with E-state index < -0.39 is 6.10 Å². The summed E-state index contributed by atoms with van der Waals surface area (Å²) in [6.07, 6.45) is 5.73. The molecule has 1 saturated carbocycles. The topological polar surface area (TPSA) is 38.0 Å². The van der Waals surface area contributed by atoms with Gasteiger partial charge in [-0.25, -0.2) is 0 Å². The molecule has 2 unspecified atom stereocenters. The maximum absolute atomic E-state index is 10.6. The van der Waals surface area contributed by atoms with Crippen molar-refractivity contribution in [1.82, 2.24) is 9.78 Å². The summed E-state index contributed by atoms with van der Waals surface area (Å²) in [6, 6.07) is 10.7. The summed E-state index contributed by atoms with van der Waals surface area (Å²) >= 11 is 0. The molecular weight excluding hydrogens is 260 g/mol. The number of aliphatic hydroxyl groups is 1. The van der Waals surface area contributed by atoms with Gasteiger partial charge in [-0.2, -0.15) is 5.10 Å². The first-order valence-electron chi connectivity index (χ1n) is 8.00. The Morgan fingerprint density at radius 3 is 2.76 bits per heavy atom. The lowest BCUT2D eigenvalue weighted by Gasteiger charge is -2.14. The van der Waals surface area contributed by atoms with E-state index >= 15 is 0 Å². The molecule has 3 heteroatoms. The number of nitrogens with zero attached hydrogens (tertiary/aromatic N) is 2. The fraction of sp³-hybridized carbons (Fsp3) is 0.500. The molecule has 21 heavy (non-hydrogen) atoms. The average molecular weight is 284 g/mol. The first kappa shape index (κ1) is 14.3. The first-order chi connectivity index (χ1) is 10.2. The minimum Gasteiger partial charge on any atom is -0.388 e. The maximum Gasteiger partial charge on any atom is 0.0848 e. The number of aromatic nitrogens is 2. The molecule has 0 radical (unpaired) electrons. The van der Waals surface area contributed by atoms with E-state index in [0.29, 0.717) is 18.4 Å². The van der Waals surface area contributed by atoms with Crippen molar-refractivity contribution in [2.75, 3.05) is 0 Å². The first-order valence-corrected chi connectivity index (χ1v) is 8.00. The van der Waals surface area contributed by atoms with Crippen LogP contribution < -0.4 is 0 Å². The van der Waals surface area contributed by atoms with Gasteiger partial charge in [0.2, 0.25) is 0 Å². The van der Waals surface area contributed by atoms with Gasteiger partial charge in [-0.1, -0.05) is 31.2 Å². The monoisotopic (exact) mass is 284 g/mol. The molecule has 1 N–H and O–H groups in total. The number of benzene rings is 1. The summed E-state index contributed by atoms with van der Waals surface area (Å²) in [4.78, 5) is 0. The number of hydrogen-bond acceptors (Lipinski definition) is 2. The molecular formula is C18H24N2O. The maximum atomic E-state index is 10.6. The minimum absolute atomic E-state index is 0.412. The fourth-order valence-corrected chi connectivity index (χ4v) is 2.81. The van der Waals surface area contributed by atoms with Crippen molar-refractivity contribution in [3.63, 3.8) is 0 Å². The Labute approximate surface area is 126 Å². The van der Waals surface area contributed by atoms with Gasteiger partial charge in [0.25, 0.3) is 0 Å². The zero-order valence-corrected chi connectivity index (χ0v) is 12.9. The number of rotatable bonds is 6. The van der Waals surface area contributed by atoms with Gasteiger partial charge in [0, 0.05) is 18.7 Å². The Kier molecular flexibility index (Phi) is 4.11. The van der Waals surface area contributed by atoms with Crippen molar-refractivity contribution >= 4 is 0 Å². The van der Waals surface area contributed by atoms with Crippen LogP contribution in [0.2, 0.25) is 0 Å². The largest absolute Gasteiger partial charge is 0.388 e. The Balaban J connectivity index is 1.74. The third kappa shape index (κ3) is 3.18. The molecule has 0 saturated heterocycles. The second-order valence-corrected chi connectivity index (χ2v) is 6.17. The summed E-state index contributed by atoms with van der Waals surface area (Å²) in [5.41, 5.74) is 3.37. The van der Waals surface area contributed by atoms with E-state index in [-0.39, 0.29) is 0 Å². The van der Waals surface area contributed by atoms with Gasteiger partial charge >= 0.3 is 0 Å². The van der Waals surface area contributed by atoms with Crippen molar-refractivity contribution in [2.45, 2.75) is 57.6 Å². The Morgan fingerprint density at radius 1 is 1.29 bits per heavy atom.